The van der Waals surface area contributed by atoms with Crippen molar-refractivity contribution in [3.8, 4) is 0 Å². The second kappa shape index (κ2) is 43.0. The minimum Gasteiger partial charge on any atom is -0.480 e. The van der Waals surface area contributed by atoms with Crippen LogP contribution in [0.2, 0.25) is 0 Å². The SMILES string of the molecule is CC/C=C\C/C=C\C/C=C\C/C=C\C/C=C\CCCCCCCCCCOCC(COP(=O)(O)OCC(N)C(=O)O)OC(=O)CCCCC/C=C\C/C=C\C/C=C\CC. The van der Waals surface area contributed by atoms with E-state index in [0.717, 1.165) is 96.3 Å². The fraction of sp³-hybridized carbons (Fsp3) is 0.625. The lowest BCUT2D eigenvalue weighted by Gasteiger charge is -2.20. The number of nitrogens with two attached hydrogens (primary N) is 1. The standard InChI is InChI=1S/C48H80NO9P/c1-3-5-7-9-11-13-15-17-18-19-20-21-22-23-24-25-26-27-29-31-33-35-37-39-41-55-42-45(43-56-59(53,54)57-44-46(49)48(51)52)58-47(50)40-38-36-34-32-30-28-16-14-12-10-8-6-4-2/h5-8,11-14,17-18,20-21,23-24,28,30,45-46H,3-4,9-10,15-16,19,22,25-27,29,31-44,49H2,1-2H3,(H,51,52)(H,53,54)/b7-5-,8-6-,13-11-,14-12-,18-17-,21-20-,24-23-,30-28-. The Labute approximate surface area is 358 Å². The van der Waals surface area contributed by atoms with Gasteiger partial charge in [-0.1, -0.05) is 156 Å². The first kappa shape index (κ1) is 55.9. The summed E-state index contributed by atoms with van der Waals surface area (Å²) < 4.78 is 33.3. The minimum atomic E-state index is -4.63. The van der Waals surface area contributed by atoms with Crippen LogP contribution in [0.5, 0.6) is 0 Å². The van der Waals surface area contributed by atoms with Crippen molar-refractivity contribution in [2.45, 2.75) is 167 Å². The van der Waals surface area contributed by atoms with Gasteiger partial charge in [0, 0.05) is 13.0 Å². The van der Waals surface area contributed by atoms with Gasteiger partial charge in [0.25, 0.3) is 0 Å². The van der Waals surface area contributed by atoms with Gasteiger partial charge in [-0.05, 0) is 89.9 Å². The third-order valence-corrected chi connectivity index (χ3v) is 9.81. The van der Waals surface area contributed by atoms with Crippen LogP contribution in [0.15, 0.2) is 97.2 Å². The molecule has 0 aromatic carbocycles. The number of allylic oxidation sites excluding steroid dienone is 16. The van der Waals surface area contributed by atoms with Crippen LogP contribution < -0.4 is 5.73 Å². The Bertz CT molecular complexity index is 1300. The lowest BCUT2D eigenvalue weighted by atomic mass is 10.1. The molecule has 0 spiro atoms. The monoisotopic (exact) mass is 846 g/mol. The molecule has 10 nitrogen and oxygen atoms in total. The summed E-state index contributed by atoms with van der Waals surface area (Å²) in [5, 5.41) is 8.90. The van der Waals surface area contributed by atoms with Crippen molar-refractivity contribution in [3.05, 3.63) is 97.2 Å². The van der Waals surface area contributed by atoms with E-state index in [1.165, 1.54) is 32.1 Å². The molecule has 0 saturated carbocycles. The van der Waals surface area contributed by atoms with Crippen LogP contribution in [0.3, 0.4) is 0 Å². The minimum absolute atomic E-state index is 0.00754. The van der Waals surface area contributed by atoms with E-state index in [-0.39, 0.29) is 13.0 Å². The van der Waals surface area contributed by atoms with Gasteiger partial charge < -0.3 is 25.2 Å². The molecule has 0 rings (SSSR count). The Morgan fingerprint density at radius 3 is 1.39 bits per heavy atom. The molecule has 59 heavy (non-hydrogen) atoms. The summed E-state index contributed by atoms with van der Waals surface area (Å²) in [4.78, 5) is 33.5. The predicted molar refractivity (Wildman–Crippen MR) is 244 cm³/mol. The molecule has 0 heterocycles. The molecule has 336 valence electrons. The van der Waals surface area contributed by atoms with Crippen LogP contribution in [0, 0.1) is 0 Å². The summed E-state index contributed by atoms with van der Waals surface area (Å²) in [6.07, 6.45) is 56.1. The van der Waals surface area contributed by atoms with Gasteiger partial charge in [0.15, 0.2) is 0 Å². The number of phosphoric acid groups is 1. The zero-order valence-electron chi connectivity index (χ0n) is 36.6. The molecule has 0 fully saturated rings. The fourth-order valence-corrected chi connectivity index (χ4v) is 6.24. The van der Waals surface area contributed by atoms with Crippen LogP contribution in [-0.4, -0.2) is 60.5 Å². The lowest BCUT2D eigenvalue weighted by Crippen LogP contribution is -2.34. The zero-order chi connectivity index (χ0) is 43.3. The van der Waals surface area contributed by atoms with E-state index in [9.17, 15) is 19.0 Å². The molecule has 0 bridgehead atoms. The highest BCUT2D eigenvalue weighted by molar-refractivity contribution is 7.47. The number of carbonyl (C=O) groups is 2. The van der Waals surface area contributed by atoms with E-state index in [1.54, 1.807) is 0 Å². The number of esters is 1. The van der Waals surface area contributed by atoms with Crippen LogP contribution in [0.25, 0.3) is 0 Å². The number of carboxylic acid groups (broad SMARTS) is 1. The molecule has 0 aliphatic rings. The second-order valence-electron chi connectivity index (χ2n) is 14.4. The second-order valence-corrected chi connectivity index (χ2v) is 15.9. The molecule has 0 aromatic rings. The molecule has 3 unspecified atom stereocenters. The molecular weight excluding hydrogens is 765 g/mol. The van der Waals surface area contributed by atoms with E-state index >= 15 is 0 Å². The van der Waals surface area contributed by atoms with E-state index in [0.29, 0.717) is 13.0 Å². The molecule has 0 aliphatic carbocycles. The van der Waals surface area contributed by atoms with Crippen LogP contribution in [0.4, 0.5) is 0 Å². The summed E-state index contributed by atoms with van der Waals surface area (Å²) in [6.45, 7) is 3.57. The van der Waals surface area contributed by atoms with Crippen LogP contribution in [-0.2, 0) is 32.7 Å². The van der Waals surface area contributed by atoms with E-state index in [1.807, 2.05) is 0 Å². The molecular formula is C48H80NO9P. The van der Waals surface area contributed by atoms with Crippen molar-refractivity contribution in [1.29, 1.82) is 0 Å². The molecule has 0 radical (unpaired) electrons. The maximum absolute atomic E-state index is 12.6. The Morgan fingerprint density at radius 1 is 0.542 bits per heavy atom. The van der Waals surface area contributed by atoms with E-state index < -0.39 is 45.1 Å². The van der Waals surface area contributed by atoms with Crippen molar-refractivity contribution in [1.82, 2.24) is 0 Å². The zero-order valence-corrected chi connectivity index (χ0v) is 37.4. The molecule has 0 aromatic heterocycles. The number of carboxylic acids is 1. The molecule has 0 aliphatic heterocycles. The Hall–Kier alpha value is -3.11. The van der Waals surface area contributed by atoms with Crippen molar-refractivity contribution in [3.63, 3.8) is 0 Å². The highest BCUT2D eigenvalue weighted by atomic mass is 31.2. The van der Waals surface area contributed by atoms with Crippen LogP contribution >= 0.6 is 7.82 Å². The summed E-state index contributed by atoms with van der Waals surface area (Å²) in [5.74, 6) is -1.82. The number of unbranched alkanes of at least 4 members (excludes halogenated alkanes) is 11. The molecule has 0 saturated heterocycles. The first-order valence-corrected chi connectivity index (χ1v) is 23.8. The fourth-order valence-electron chi connectivity index (χ4n) is 5.47. The topological polar surface area (TPSA) is 155 Å². The highest BCUT2D eigenvalue weighted by Gasteiger charge is 2.27. The maximum atomic E-state index is 12.6. The Kier molecular flexibility index (Phi) is 40.7. The first-order chi connectivity index (χ1) is 28.7. The smallest absolute Gasteiger partial charge is 0.472 e. The van der Waals surface area contributed by atoms with Crippen molar-refractivity contribution in [2.24, 2.45) is 5.73 Å². The summed E-state index contributed by atoms with van der Waals surface area (Å²) in [5.41, 5.74) is 5.35. The van der Waals surface area contributed by atoms with Gasteiger partial charge in [0.05, 0.1) is 19.8 Å². The van der Waals surface area contributed by atoms with Crippen molar-refractivity contribution in [2.75, 3.05) is 26.4 Å². The quantitative estimate of drug-likeness (QED) is 0.0234. The van der Waals surface area contributed by atoms with Gasteiger partial charge in [-0.3, -0.25) is 18.6 Å². The van der Waals surface area contributed by atoms with Crippen molar-refractivity contribution < 1.29 is 42.7 Å². The number of phosphoric ester groups is 1. The normalized spacial score (nSPS) is 14.8. The number of hydrogen-bond donors (Lipinski definition) is 3. The molecule has 0 amide bonds. The van der Waals surface area contributed by atoms with Gasteiger partial charge in [-0.2, -0.15) is 0 Å². The number of aliphatic carboxylic acids is 1. The summed E-state index contributed by atoms with van der Waals surface area (Å²) >= 11 is 0. The third kappa shape index (κ3) is 42.8. The van der Waals surface area contributed by atoms with E-state index in [4.69, 9.17) is 29.4 Å². The largest absolute Gasteiger partial charge is 0.480 e. The first-order valence-electron chi connectivity index (χ1n) is 22.3. The van der Waals surface area contributed by atoms with Gasteiger partial charge in [-0.25, -0.2) is 4.57 Å². The number of ether oxygens (including phenoxy) is 2. The predicted octanol–water partition coefficient (Wildman–Crippen LogP) is 12.5. The Balaban J connectivity index is 4.23. The van der Waals surface area contributed by atoms with Gasteiger partial charge in [-0.15, -0.1) is 0 Å². The van der Waals surface area contributed by atoms with Crippen molar-refractivity contribution >= 4 is 19.8 Å². The molecule has 11 heteroatoms. The number of hydrogen-bond acceptors (Lipinski definition) is 8. The molecule has 4 N–H and O–H groups in total. The highest BCUT2D eigenvalue weighted by Crippen LogP contribution is 2.43. The molecule has 3 atom stereocenters. The summed E-state index contributed by atoms with van der Waals surface area (Å²) in [7, 11) is -4.63. The van der Waals surface area contributed by atoms with Gasteiger partial charge in [0.2, 0.25) is 0 Å². The summed E-state index contributed by atoms with van der Waals surface area (Å²) in [6, 6.07) is -1.48. The van der Waals surface area contributed by atoms with Gasteiger partial charge >= 0.3 is 19.8 Å². The third-order valence-electron chi connectivity index (χ3n) is 8.86. The average molecular weight is 846 g/mol. The Morgan fingerprint density at radius 2 is 0.932 bits per heavy atom. The lowest BCUT2D eigenvalue weighted by molar-refractivity contribution is -0.154. The number of rotatable bonds is 41. The van der Waals surface area contributed by atoms with E-state index in [2.05, 4.69) is 111 Å². The van der Waals surface area contributed by atoms with Crippen LogP contribution in [0.1, 0.15) is 155 Å². The van der Waals surface area contributed by atoms with Gasteiger partial charge in [0.1, 0.15) is 12.1 Å². The number of carbonyl (C=O) groups excluding carboxylic acids is 1. The maximum Gasteiger partial charge on any atom is 0.472 e. The average Bonchev–Trinajstić information content (AvgIpc) is 3.21.